The molecule has 2 aromatic rings. The summed E-state index contributed by atoms with van der Waals surface area (Å²) in [7, 11) is 0. The first kappa shape index (κ1) is 14.0. The summed E-state index contributed by atoms with van der Waals surface area (Å²) in [5.74, 6) is 5.74. The van der Waals surface area contributed by atoms with E-state index in [2.05, 4.69) is 16.8 Å². The van der Waals surface area contributed by atoms with Crippen LogP contribution in [0.2, 0.25) is 0 Å². The second-order valence-corrected chi connectivity index (χ2v) is 5.03. The van der Waals surface area contributed by atoms with Gasteiger partial charge in [0, 0.05) is 11.8 Å². The molecule has 20 heavy (non-hydrogen) atoms. The van der Waals surface area contributed by atoms with E-state index < -0.39 is 5.60 Å². The molecular weight excluding hydrogens is 246 g/mol. The van der Waals surface area contributed by atoms with Gasteiger partial charge in [-0.15, -0.1) is 0 Å². The molecule has 0 unspecified atom stereocenters. The van der Waals surface area contributed by atoms with Gasteiger partial charge in [-0.05, 0) is 37.6 Å². The maximum Gasteiger partial charge on any atom is 0.120 e. The van der Waals surface area contributed by atoms with Gasteiger partial charge in [-0.25, -0.2) is 0 Å². The Labute approximate surface area is 119 Å². The van der Waals surface area contributed by atoms with Crippen molar-refractivity contribution in [3.8, 4) is 11.8 Å². The molecule has 0 aromatic heterocycles. The molecular formula is C18H17NO. The number of aliphatic imine (C=N–C) groups is 1. The monoisotopic (exact) mass is 263 g/mol. The minimum Gasteiger partial charge on any atom is -0.378 e. The van der Waals surface area contributed by atoms with Crippen LogP contribution in [0.1, 0.15) is 25.0 Å². The average Bonchev–Trinajstić information content (AvgIpc) is 2.44. The summed E-state index contributed by atoms with van der Waals surface area (Å²) in [6.07, 6.45) is 1.82. The fourth-order valence-corrected chi connectivity index (χ4v) is 1.58. The molecule has 0 radical (unpaired) electrons. The highest BCUT2D eigenvalue weighted by atomic mass is 16.3. The summed E-state index contributed by atoms with van der Waals surface area (Å²) in [5.41, 5.74) is 1.76. The molecule has 2 aromatic carbocycles. The van der Waals surface area contributed by atoms with Gasteiger partial charge in [0.25, 0.3) is 0 Å². The number of rotatable bonds is 2. The van der Waals surface area contributed by atoms with Gasteiger partial charge in [-0.2, -0.15) is 0 Å². The molecule has 0 aliphatic carbocycles. The van der Waals surface area contributed by atoms with E-state index >= 15 is 0 Å². The van der Waals surface area contributed by atoms with Crippen LogP contribution in [-0.2, 0) is 0 Å². The van der Waals surface area contributed by atoms with Crippen LogP contribution >= 0.6 is 0 Å². The third kappa shape index (κ3) is 4.72. The first-order valence-electron chi connectivity index (χ1n) is 6.48. The molecule has 1 N–H and O–H groups in total. The maximum atomic E-state index is 9.60. The van der Waals surface area contributed by atoms with E-state index in [4.69, 9.17) is 0 Å². The SMILES string of the molecule is CC(C)(O)C#Cc1cccc(N=Cc2ccccc2)c1. The van der Waals surface area contributed by atoms with E-state index in [0.717, 1.165) is 16.8 Å². The number of benzene rings is 2. The molecule has 0 atom stereocenters. The van der Waals surface area contributed by atoms with Crippen molar-refractivity contribution in [3.63, 3.8) is 0 Å². The zero-order chi connectivity index (χ0) is 14.4. The molecule has 0 aliphatic heterocycles. The zero-order valence-electron chi connectivity index (χ0n) is 11.7. The van der Waals surface area contributed by atoms with Crippen LogP contribution in [0.3, 0.4) is 0 Å². The quantitative estimate of drug-likeness (QED) is 0.652. The lowest BCUT2D eigenvalue weighted by Gasteiger charge is -2.05. The Morgan fingerprint density at radius 1 is 1.05 bits per heavy atom. The number of aliphatic hydroxyl groups is 1. The van der Waals surface area contributed by atoms with E-state index in [-0.39, 0.29) is 0 Å². The molecule has 2 nitrogen and oxygen atoms in total. The summed E-state index contributed by atoms with van der Waals surface area (Å²) in [4.78, 5) is 4.43. The summed E-state index contributed by atoms with van der Waals surface area (Å²) in [6.45, 7) is 3.33. The lowest BCUT2D eigenvalue weighted by molar-refractivity contribution is 0.143. The number of nitrogens with zero attached hydrogens (tertiary/aromatic N) is 1. The third-order valence-electron chi connectivity index (χ3n) is 2.52. The fraction of sp³-hybridized carbons (Fsp3) is 0.167. The average molecular weight is 263 g/mol. The largest absolute Gasteiger partial charge is 0.378 e. The van der Waals surface area contributed by atoms with Crippen LogP contribution in [0.25, 0.3) is 0 Å². The lowest BCUT2D eigenvalue weighted by Crippen LogP contribution is -2.14. The molecule has 2 heteroatoms. The highest BCUT2D eigenvalue weighted by molar-refractivity contribution is 5.81. The van der Waals surface area contributed by atoms with E-state index in [9.17, 15) is 5.11 Å². The van der Waals surface area contributed by atoms with Crippen LogP contribution in [0.15, 0.2) is 59.6 Å². The Bertz CT molecular complexity index is 655. The van der Waals surface area contributed by atoms with Crippen LogP contribution < -0.4 is 0 Å². The van der Waals surface area contributed by atoms with E-state index in [1.807, 2.05) is 60.8 Å². The van der Waals surface area contributed by atoms with Gasteiger partial charge in [0.05, 0.1) is 5.69 Å². The van der Waals surface area contributed by atoms with Gasteiger partial charge in [0.1, 0.15) is 5.60 Å². The van der Waals surface area contributed by atoms with Crippen LogP contribution in [0.5, 0.6) is 0 Å². The van der Waals surface area contributed by atoms with Gasteiger partial charge in [0.2, 0.25) is 0 Å². The number of hydrogen-bond acceptors (Lipinski definition) is 2. The Kier molecular flexibility index (Phi) is 4.34. The fourth-order valence-electron chi connectivity index (χ4n) is 1.58. The van der Waals surface area contributed by atoms with Crippen LogP contribution in [0.4, 0.5) is 5.69 Å². The van der Waals surface area contributed by atoms with Gasteiger partial charge in [-0.1, -0.05) is 48.2 Å². The van der Waals surface area contributed by atoms with Crippen molar-refractivity contribution >= 4 is 11.9 Å². The summed E-state index contributed by atoms with van der Waals surface area (Å²) in [6, 6.07) is 17.6. The Morgan fingerprint density at radius 2 is 1.80 bits per heavy atom. The Balaban J connectivity index is 2.18. The first-order valence-corrected chi connectivity index (χ1v) is 6.48. The second-order valence-electron chi connectivity index (χ2n) is 5.03. The predicted molar refractivity (Wildman–Crippen MR) is 83.3 cm³/mol. The molecule has 0 saturated heterocycles. The van der Waals surface area contributed by atoms with E-state index in [0.29, 0.717) is 0 Å². The van der Waals surface area contributed by atoms with Crippen molar-refractivity contribution in [2.24, 2.45) is 4.99 Å². The molecule has 0 aliphatic rings. The molecule has 0 spiro atoms. The van der Waals surface area contributed by atoms with Gasteiger partial charge in [0.15, 0.2) is 0 Å². The standard InChI is InChI=1S/C18H17NO/c1-18(2,20)12-11-15-9-6-10-17(13-15)19-14-16-7-4-3-5-8-16/h3-10,13-14,20H,1-2H3. The first-order chi connectivity index (χ1) is 9.53. The molecule has 0 fully saturated rings. The normalized spacial score (nSPS) is 11.2. The second kappa shape index (κ2) is 6.18. The molecule has 0 bridgehead atoms. The Hall–Kier alpha value is -2.37. The summed E-state index contributed by atoms with van der Waals surface area (Å²) >= 11 is 0. The summed E-state index contributed by atoms with van der Waals surface area (Å²) < 4.78 is 0. The van der Waals surface area contributed by atoms with Crippen molar-refractivity contribution in [1.82, 2.24) is 0 Å². The summed E-state index contributed by atoms with van der Waals surface area (Å²) in [5, 5.41) is 9.60. The van der Waals surface area contributed by atoms with Gasteiger partial charge in [-0.3, -0.25) is 4.99 Å². The third-order valence-corrected chi connectivity index (χ3v) is 2.52. The Morgan fingerprint density at radius 3 is 2.50 bits per heavy atom. The van der Waals surface area contributed by atoms with Crippen LogP contribution in [-0.4, -0.2) is 16.9 Å². The minimum atomic E-state index is -0.983. The van der Waals surface area contributed by atoms with Crippen molar-refractivity contribution in [2.45, 2.75) is 19.4 Å². The molecule has 2 rings (SSSR count). The van der Waals surface area contributed by atoms with E-state index in [1.54, 1.807) is 13.8 Å². The molecule has 0 heterocycles. The van der Waals surface area contributed by atoms with Crippen molar-refractivity contribution in [2.75, 3.05) is 0 Å². The lowest BCUT2D eigenvalue weighted by atomic mass is 10.1. The smallest absolute Gasteiger partial charge is 0.120 e. The van der Waals surface area contributed by atoms with Crippen molar-refractivity contribution in [3.05, 3.63) is 65.7 Å². The molecule has 0 saturated carbocycles. The van der Waals surface area contributed by atoms with Crippen molar-refractivity contribution < 1.29 is 5.11 Å². The van der Waals surface area contributed by atoms with E-state index in [1.165, 1.54) is 0 Å². The number of hydrogen-bond donors (Lipinski definition) is 1. The van der Waals surface area contributed by atoms with Crippen molar-refractivity contribution in [1.29, 1.82) is 0 Å². The minimum absolute atomic E-state index is 0.842. The highest BCUT2D eigenvalue weighted by Gasteiger charge is 2.05. The predicted octanol–water partition coefficient (Wildman–Crippen LogP) is 3.56. The van der Waals surface area contributed by atoms with Crippen LogP contribution in [0, 0.1) is 11.8 Å². The molecule has 100 valence electrons. The zero-order valence-corrected chi connectivity index (χ0v) is 11.7. The van der Waals surface area contributed by atoms with Gasteiger partial charge >= 0.3 is 0 Å². The topological polar surface area (TPSA) is 32.6 Å². The maximum absolute atomic E-state index is 9.60. The molecule has 0 amide bonds. The highest BCUT2D eigenvalue weighted by Crippen LogP contribution is 2.14. The van der Waals surface area contributed by atoms with Gasteiger partial charge < -0.3 is 5.11 Å².